The van der Waals surface area contributed by atoms with Gasteiger partial charge in [-0.05, 0) is 60.9 Å². The first-order valence-corrected chi connectivity index (χ1v) is 11.7. The van der Waals surface area contributed by atoms with Crippen molar-refractivity contribution in [1.82, 2.24) is 9.21 Å². The van der Waals surface area contributed by atoms with Crippen molar-refractivity contribution >= 4 is 32.6 Å². The number of sulfonamides is 1. The Bertz CT molecular complexity index is 1320. The average Bonchev–Trinajstić information content (AvgIpc) is 2.72. The normalized spacial score (nSPS) is 16.1. The monoisotopic (exact) mass is 464 g/mol. The maximum Gasteiger partial charge on any atom is 0.336 e. The van der Waals surface area contributed by atoms with Gasteiger partial charge >= 0.3 is 5.63 Å². The Balaban J connectivity index is 1.51. The number of benzene rings is 2. The highest BCUT2D eigenvalue weighted by atomic mass is 35.5. The van der Waals surface area contributed by atoms with Crippen molar-refractivity contribution < 1.29 is 17.2 Å². The van der Waals surface area contributed by atoms with Gasteiger partial charge < -0.3 is 4.42 Å². The van der Waals surface area contributed by atoms with Crippen LogP contribution in [0.4, 0.5) is 4.39 Å². The molecular weight excluding hydrogens is 443 g/mol. The highest BCUT2D eigenvalue weighted by Gasteiger charge is 2.29. The standard InChI is InChI=1S/C22H22ClFN2O4S/c1-14-9-18-16(11-22(27)30-21(18)10-15(14)2)13-25-5-7-26(8-6-25)31(28,29)17-3-4-20(24)19(23)12-17/h3-4,9-12H,5-8,13H2,1-2H3. The molecule has 1 aliphatic rings. The van der Waals surface area contributed by atoms with Crippen LogP contribution in [0.3, 0.4) is 0 Å². The van der Waals surface area contributed by atoms with Gasteiger partial charge in [-0.15, -0.1) is 0 Å². The third kappa shape index (κ3) is 4.39. The van der Waals surface area contributed by atoms with Crippen molar-refractivity contribution in [3.05, 3.63) is 74.3 Å². The summed E-state index contributed by atoms with van der Waals surface area (Å²) >= 11 is 5.75. The fourth-order valence-electron chi connectivity index (χ4n) is 3.77. The van der Waals surface area contributed by atoms with Crippen LogP contribution in [-0.4, -0.2) is 43.8 Å². The zero-order valence-corrected chi connectivity index (χ0v) is 18.8. The number of fused-ring (bicyclic) bond motifs is 1. The molecule has 4 rings (SSSR count). The van der Waals surface area contributed by atoms with Gasteiger partial charge in [0.05, 0.1) is 9.92 Å². The van der Waals surface area contributed by atoms with E-state index in [9.17, 15) is 17.6 Å². The molecule has 1 saturated heterocycles. The number of rotatable bonds is 4. The van der Waals surface area contributed by atoms with Gasteiger partial charge in [0, 0.05) is 44.2 Å². The summed E-state index contributed by atoms with van der Waals surface area (Å²) in [6.45, 7) is 6.07. The summed E-state index contributed by atoms with van der Waals surface area (Å²) in [5, 5.41) is 0.665. The van der Waals surface area contributed by atoms with Crippen LogP contribution < -0.4 is 5.63 Å². The largest absolute Gasteiger partial charge is 0.423 e. The summed E-state index contributed by atoms with van der Waals surface area (Å²) in [6.07, 6.45) is 0. The maximum absolute atomic E-state index is 13.4. The molecule has 0 amide bonds. The molecule has 1 fully saturated rings. The van der Waals surface area contributed by atoms with Crippen molar-refractivity contribution in [3.8, 4) is 0 Å². The third-order valence-electron chi connectivity index (χ3n) is 5.70. The lowest BCUT2D eigenvalue weighted by Crippen LogP contribution is -2.48. The number of nitrogens with zero attached hydrogens (tertiary/aromatic N) is 2. The molecule has 164 valence electrons. The fraction of sp³-hybridized carbons (Fsp3) is 0.318. The van der Waals surface area contributed by atoms with Gasteiger partial charge in [0.2, 0.25) is 10.0 Å². The van der Waals surface area contributed by atoms with E-state index in [0.29, 0.717) is 25.2 Å². The summed E-state index contributed by atoms with van der Waals surface area (Å²) < 4.78 is 45.9. The van der Waals surface area contributed by atoms with Crippen molar-refractivity contribution in [2.45, 2.75) is 25.3 Å². The highest BCUT2D eigenvalue weighted by molar-refractivity contribution is 7.89. The van der Waals surface area contributed by atoms with E-state index in [1.807, 2.05) is 26.0 Å². The molecule has 0 atom stereocenters. The quantitative estimate of drug-likeness (QED) is 0.550. The summed E-state index contributed by atoms with van der Waals surface area (Å²) in [5.74, 6) is -0.657. The van der Waals surface area contributed by atoms with E-state index < -0.39 is 21.5 Å². The molecule has 0 aliphatic carbocycles. The number of piperazine rings is 1. The van der Waals surface area contributed by atoms with E-state index in [2.05, 4.69) is 4.90 Å². The average molecular weight is 465 g/mol. The molecule has 0 bridgehead atoms. The van der Waals surface area contributed by atoms with Gasteiger partial charge in [-0.25, -0.2) is 17.6 Å². The van der Waals surface area contributed by atoms with Crippen LogP contribution in [0.5, 0.6) is 0 Å². The molecule has 9 heteroatoms. The van der Waals surface area contributed by atoms with Crippen LogP contribution >= 0.6 is 11.6 Å². The van der Waals surface area contributed by atoms with Crippen LogP contribution in [0.2, 0.25) is 5.02 Å². The van der Waals surface area contributed by atoms with E-state index in [0.717, 1.165) is 34.2 Å². The number of hydrogen-bond donors (Lipinski definition) is 0. The molecule has 31 heavy (non-hydrogen) atoms. The van der Waals surface area contributed by atoms with Crippen LogP contribution in [-0.2, 0) is 16.6 Å². The van der Waals surface area contributed by atoms with E-state index >= 15 is 0 Å². The zero-order chi connectivity index (χ0) is 22.3. The summed E-state index contributed by atoms with van der Waals surface area (Å²) in [7, 11) is -3.76. The molecule has 0 radical (unpaired) electrons. The van der Waals surface area contributed by atoms with E-state index in [1.165, 1.54) is 16.4 Å². The second-order valence-electron chi connectivity index (χ2n) is 7.78. The smallest absolute Gasteiger partial charge is 0.336 e. The Kier molecular flexibility index (Phi) is 5.91. The van der Waals surface area contributed by atoms with Crippen LogP contribution in [0, 0.1) is 19.7 Å². The van der Waals surface area contributed by atoms with E-state index in [-0.39, 0.29) is 23.0 Å². The van der Waals surface area contributed by atoms with Gasteiger partial charge in [-0.1, -0.05) is 11.6 Å². The molecule has 0 saturated carbocycles. The molecule has 0 N–H and O–H groups in total. The first-order valence-electron chi connectivity index (χ1n) is 9.87. The first kappa shape index (κ1) is 22.0. The minimum atomic E-state index is -3.76. The van der Waals surface area contributed by atoms with Crippen molar-refractivity contribution in [3.63, 3.8) is 0 Å². The lowest BCUT2D eigenvalue weighted by molar-refractivity contribution is 0.182. The third-order valence-corrected chi connectivity index (χ3v) is 7.88. The summed E-state index contributed by atoms with van der Waals surface area (Å²) in [4.78, 5) is 14.1. The van der Waals surface area contributed by atoms with Gasteiger partial charge in [0.15, 0.2) is 0 Å². The molecular formula is C22H22ClFN2O4S. The highest BCUT2D eigenvalue weighted by Crippen LogP contribution is 2.25. The molecule has 1 aromatic heterocycles. The lowest BCUT2D eigenvalue weighted by atomic mass is 10.0. The van der Waals surface area contributed by atoms with Crippen molar-refractivity contribution in [2.75, 3.05) is 26.2 Å². The molecule has 6 nitrogen and oxygen atoms in total. The molecule has 1 aliphatic heterocycles. The van der Waals surface area contributed by atoms with Crippen LogP contribution in [0.1, 0.15) is 16.7 Å². The lowest BCUT2D eigenvalue weighted by Gasteiger charge is -2.34. The van der Waals surface area contributed by atoms with Gasteiger partial charge in [0.25, 0.3) is 0 Å². The Labute approximate surface area is 184 Å². The number of aryl methyl sites for hydroxylation is 2. The van der Waals surface area contributed by atoms with Gasteiger partial charge in [-0.2, -0.15) is 4.31 Å². The van der Waals surface area contributed by atoms with Crippen molar-refractivity contribution in [1.29, 1.82) is 0 Å². The summed E-state index contributed by atoms with van der Waals surface area (Å²) in [6, 6.07) is 8.80. The Hall–Kier alpha value is -2.26. The molecule has 3 aromatic rings. The minimum absolute atomic E-state index is 0.0233. The Morgan fingerprint density at radius 2 is 1.71 bits per heavy atom. The minimum Gasteiger partial charge on any atom is -0.423 e. The Morgan fingerprint density at radius 3 is 2.39 bits per heavy atom. The zero-order valence-electron chi connectivity index (χ0n) is 17.2. The predicted molar refractivity (Wildman–Crippen MR) is 117 cm³/mol. The van der Waals surface area contributed by atoms with E-state index in [1.54, 1.807) is 0 Å². The van der Waals surface area contributed by atoms with Crippen molar-refractivity contribution in [2.24, 2.45) is 0 Å². The molecule has 2 heterocycles. The fourth-order valence-corrected chi connectivity index (χ4v) is 5.46. The van der Waals surface area contributed by atoms with Gasteiger partial charge in [0.1, 0.15) is 11.4 Å². The molecule has 0 spiro atoms. The second-order valence-corrected chi connectivity index (χ2v) is 10.1. The molecule has 2 aromatic carbocycles. The first-order chi connectivity index (χ1) is 14.6. The Morgan fingerprint density at radius 1 is 1.03 bits per heavy atom. The van der Waals surface area contributed by atoms with E-state index in [4.69, 9.17) is 16.0 Å². The summed E-state index contributed by atoms with van der Waals surface area (Å²) in [5.41, 5.74) is 3.17. The topological polar surface area (TPSA) is 70.8 Å². The predicted octanol–water partition coefficient (Wildman–Crippen LogP) is 3.71. The number of hydrogen-bond acceptors (Lipinski definition) is 5. The molecule has 0 unspecified atom stereocenters. The van der Waals surface area contributed by atoms with Crippen LogP contribution in [0.15, 0.2) is 50.5 Å². The number of halogens is 2. The second kappa shape index (κ2) is 8.35. The van der Waals surface area contributed by atoms with Gasteiger partial charge in [-0.3, -0.25) is 4.90 Å². The SMILES string of the molecule is Cc1cc2oc(=O)cc(CN3CCN(S(=O)(=O)c4ccc(F)c(Cl)c4)CC3)c2cc1C. The van der Waals surface area contributed by atoms with Crippen LogP contribution in [0.25, 0.3) is 11.0 Å². The maximum atomic E-state index is 13.4.